The van der Waals surface area contributed by atoms with Crippen LogP contribution in [0.25, 0.3) is 16.9 Å². The lowest BCUT2D eigenvalue weighted by molar-refractivity contribution is -0.117. The van der Waals surface area contributed by atoms with E-state index in [9.17, 15) is 23.2 Å². The van der Waals surface area contributed by atoms with Crippen molar-refractivity contribution in [3.05, 3.63) is 81.5 Å². The van der Waals surface area contributed by atoms with Crippen molar-refractivity contribution in [3.8, 4) is 5.82 Å². The van der Waals surface area contributed by atoms with Crippen molar-refractivity contribution in [1.29, 1.82) is 0 Å². The number of aromatic nitrogens is 4. The number of imidazole rings is 1. The summed E-state index contributed by atoms with van der Waals surface area (Å²) in [6.45, 7) is 1.10. The van der Waals surface area contributed by atoms with Crippen LogP contribution in [0.2, 0.25) is 5.02 Å². The number of para-hydroxylation sites is 2. The predicted octanol–water partition coefficient (Wildman–Crippen LogP) is 5.29. The second-order valence-electron chi connectivity index (χ2n) is 10.8. The van der Waals surface area contributed by atoms with Crippen LogP contribution in [0.5, 0.6) is 0 Å². The van der Waals surface area contributed by atoms with Gasteiger partial charge >= 0.3 is 5.69 Å². The van der Waals surface area contributed by atoms with Gasteiger partial charge in [0.05, 0.1) is 21.6 Å². The van der Waals surface area contributed by atoms with E-state index in [-0.39, 0.29) is 34.1 Å². The van der Waals surface area contributed by atoms with E-state index in [4.69, 9.17) is 11.6 Å². The third kappa shape index (κ3) is 5.40. The van der Waals surface area contributed by atoms with Gasteiger partial charge in [0.15, 0.2) is 0 Å². The van der Waals surface area contributed by atoms with Crippen LogP contribution in [0, 0.1) is 5.92 Å². The van der Waals surface area contributed by atoms with Crippen LogP contribution in [-0.2, 0) is 11.3 Å². The van der Waals surface area contributed by atoms with Crippen molar-refractivity contribution in [2.24, 2.45) is 5.92 Å². The van der Waals surface area contributed by atoms with Gasteiger partial charge in [-0.3, -0.25) is 24.0 Å². The van der Waals surface area contributed by atoms with Crippen LogP contribution in [0.3, 0.4) is 0 Å². The van der Waals surface area contributed by atoms with E-state index in [1.807, 2.05) is 24.3 Å². The highest BCUT2D eigenvalue weighted by Crippen LogP contribution is 2.29. The molecule has 0 bridgehead atoms. The molecule has 1 aromatic carbocycles. The maximum atomic E-state index is 13.8. The third-order valence-corrected chi connectivity index (χ3v) is 8.30. The van der Waals surface area contributed by atoms with Gasteiger partial charge in [-0.1, -0.05) is 29.8 Å². The fraction of sp³-hybridized carbons (Fsp3) is 0.367. The van der Waals surface area contributed by atoms with Crippen molar-refractivity contribution in [2.45, 2.75) is 57.5 Å². The number of hydrogen-bond donors (Lipinski definition) is 1. The maximum absolute atomic E-state index is 13.8. The Balaban J connectivity index is 1.18. The topological polar surface area (TPSA) is 102 Å². The molecule has 9 nitrogen and oxygen atoms in total. The summed E-state index contributed by atoms with van der Waals surface area (Å²) in [5.74, 6) is 0.583. The number of fused-ring (bicyclic) bond motifs is 1. The molecule has 1 aliphatic heterocycles. The zero-order valence-electron chi connectivity index (χ0n) is 22.7. The molecule has 0 atom stereocenters. The summed E-state index contributed by atoms with van der Waals surface area (Å²) in [5, 5.41) is 2.98. The van der Waals surface area contributed by atoms with E-state index in [0.29, 0.717) is 44.0 Å². The molecule has 1 saturated carbocycles. The Morgan fingerprint density at radius 1 is 1.02 bits per heavy atom. The Bertz CT molecular complexity index is 1710. The minimum Gasteiger partial charge on any atom is -0.349 e. The second-order valence-corrected chi connectivity index (χ2v) is 11.2. The zero-order chi connectivity index (χ0) is 29.4. The molecule has 12 heteroatoms. The second kappa shape index (κ2) is 11.6. The Hall–Kier alpha value is -4.12. The first-order valence-corrected chi connectivity index (χ1v) is 14.4. The van der Waals surface area contributed by atoms with Gasteiger partial charge in [-0.2, -0.15) is 0 Å². The maximum Gasteiger partial charge on any atom is 0.334 e. The number of hydrogen-bond acceptors (Lipinski definition) is 5. The summed E-state index contributed by atoms with van der Waals surface area (Å²) < 4.78 is 30.1. The van der Waals surface area contributed by atoms with Gasteiger partial charge in [0.1, 0.15) is 17.3 Å². The minimum atomic E-state index is -2.89. The lowest BCUT2D eigenvalue weighted by Crippen LogP contribution is -2.39. The Morgan fingerprint density at radius 3 is 2.48 bits per heavy atom. The van der Waals surface area contributed by atoms with Gasteiger partial charge in [-0.15, -0.1) is 0 Å². The number of nitrogens with zero attached hydrogens (tertiary/aromatic N) is 5. The van der Waals surface area contributed by atoms with Crippen molar-refractivity contribution >= 4 is 40.3 Å². The third-order valence-electron chi connectivity index (χ3n) is 8.09. The molecular formula is C30H29ClF2N6O3. The monoisotopic (exact) mass is 594 g/mol. The molecule has 1 aliphatic carbocycles. The molecule has 2 aliphatic rings. The Morgan fingerprint density at radius 2 is 1.76 bits per heavy atom. The number of anilines is 1. The number of carbonyl (C=O) groups excluding carboxylic acids is 2. The number of halogens is 3. The molecule has 1 saturated heterocycles. The molecule has 1 N–H and O–H groups in total. The van der Waals surface area contributed by atoms with E-state index < -0.39 is 18.0 Å². The Kier molecular flexibility index (Phi) is 7.76. The smallest absolute Gasteiger partial charge is 0.334 e. The van der Waals surface area contributed by atoms with Crippen LogP contribution in [0.4, 0.5) is 14.6 Å². The fourth-order valence-electron chi connectivity index (χ4n) is 6.00. The molecule has 4 heterocycles. The van der Waals surface area contributed by atoms with Crippen LogP contribution in [-0.4, -0.2) is 43.5 Å². The number of benzene rings is 1. The number of alkyl halides is 2. The van der Waals surface area contributed by atoms with Gasteiger partial charge in [0, 0.05) is 31.7 Å². The van der Waals surface area contributed by atoms with Crippen LogP contribution < -0.4 is 15.9 Å². The first kappa shape index (κ1) is 28.0. The molecule has 2 amide bonds. The summed E-state index contributed by atoms with van der Waals surface area (Å²) in [6.07, 6.45) is 2.28. The van der Waals surface area contributed by atoms with Crippen molar-refractivity contribution in [3.63, 3.8) is 0 Å². The van der Waals surface area contributed by atoms with Crippen molar-refractivity contribution in [1.82, 2.24) is 24.4 Å². The summed E-state index contributed by atoms with van der Waals surface area (Å²) in [5.41, 5.74) is 0.498. The molecule has 42 heavy (non-hydrogen) atoms. The van der Waals surface area contributed by atoms with Gasteiger partial charge in [0.25, 0.3) is 12.3 Å². The number of carbonyl (C=O) groups is 2. The quantitative estimate of drug-likeness (QED) is 0.313. The summed E-state index contributed by atoms with van der Waals surface area (Å²) in [7, 11) is 0. The highest BCUT2D eigenvalue weighted by Gasteiger charge is 2.28. The van der Waals surface area contributed by atoms with Gasteiger partial charge < -0.3 is 5.32 Å². The Labute approximate surface area is 245 Å². The highest BCUT2D eigenvalue weighted by molar-refractivity contribution is 6.30. The standard InChI is InChI=1S/C30H29ClF2N6O3/c31-19-15-21(27(28(32)33)34-16-19)29(41)35-20-12-10-18(11-13-20)17-38-22-5-1-2-6-23(22)39(30(38)42)25-8-3-7-24(36-25)37-14-4-9-26(37)40/h1-3,5-8,15-16,18,20,28H,4,9-14,17H2,(H,35,41). The first-order valence-electron chi connectivity index (χ1n) is 14.0. The van der Waals surface area contributed by atoms with E-state index in [1.165, 1.54) is 6.07 Å². The number of nitrogens with one attached hydrogen (secondary N) is 1. The van der Waals surface area contributed by atoms with Gasteiger partial charge in [0.2, 0.25) is 5.91 Å². The van der Waals surface area contributed by atoms with Crippen LogP contribution in [0.1, 0.15) is 61.0 Å². The zero-order valence-corrected chi connectivity index (χ0v) is 23.4. The lowest BCUT2D eigenvalue weighted by atomic mass is 9.85. The van der Waals surface area contributed by atoms with Crippen molar-refractivity contribution in [2.75, 3.05) is 11.4 Å². The molecule has 2 fully saturated rings. The lowest BCUT2D eigenvalue weighted by Gasteiger charge is -2.29. The summed E-state index contributed by atoms with van der Waals surface area (Å²) in [4.78, 5) is 48.9. The molecule has 0 unspecified atom stereocenters. The van der Waals surface area contributed by atoms with E-state index in [2.05, 4.69) is 15.3 Å². The molecule has 4 aromatic rings. The van der Waals surface area contributed by atoms with Gasteiger partial charge in [-0.05, 0) is 68.4 Å². The predicted molar refractivity (Wildman–Crippen MR) is 154 cm³/mol. The van der Waals surface area contributed by atoms with Crippen LogP contribution in [0.15, 0.2) is 59.5 Å². The molecule has 218 valence electrons. The largest absolute Gasteiger partial charge is 0.349 e. The molecule has 0 spiro atoms. The molecular weight excluding hydrogens is 566 g/mol. The average molecular weight is 595 g/mol. The SMILES string of the molecule is O=C(NC1CCC(Cn2c(=O)n(-c3cccc(N4CCCC4=O)n3)c3ccccc32)CC1)c1cc(Cl)cnc1C(F)F. The van der Waals surface area contributed by atoms with Crippen molar-refractivity contribution < 1.29 is 18.4 Å². The first-order chi connectivity index (χ1) is 20.3. The normalized spacial score (nSPS) is 19.1. The summed E-state index contributed by atoms with van der Waals surface area (Å²) >= 11 is 5.91. The minimum absolute atomic E-state index is 0.0277. The highest BCUT2D eigenvalue weighted by atomic mass is 35.5. The van der Waals surface area contributed by atoms with E-state index in [0.717, 1.165) is 36.5 Å². The summed E-state index contributed by atoms with van der Waals surface area (Å²) in [6, 6.07) is 13.9. The number of pyridine rings is 2. The molecule has 0 radical (unpaired) electrons. The fourth-order valence-corrected chi connectivity index (χ4v) is 6.16. The average Bonchev–Trinajstić information content (AvgIpc) is 3.54. The van der Waals surface area contributed by atoms with Crippen LogP contribution >= 0.6 is 11.6 Å². The number of rotatable bonds is 7. The number of amides is 2. The molecule has 3 aromatic heterocycles. The van der Waals surface area contributed by atoms with Gasteiger partial charge in [-0.25, -0.2) is 23.1 Å². The molecule has 6 rings (SSSR count). The van der Waals surface area contributed by atoms with E-state index in [1.54, 1.807) is 32.2 Å². The van der Waals surface area contributed by atoms with E-state index >= 15 is 0 Å².